The molecule has 0 unspecified atom stereocenters. The van der Waals surface area contributed by atoms with E-state index in [1.807, 2.05) is 30.3 Å². The van der Waals surface area contributed by atoms with Gasteiger partial charge < -0.3 is 10.4 Å². The number of nitrogens with one attached hydrogen (secondary N) is 1. The quantitative estimate of drug-likeness (QED) is 0.798. The number of aromatic nitrogens is 1. The second-order valence-electron chi connectivity index (χ2n) is 7.45. The maximum atomic E-state index is 12.5. The highest BCUT2D eigenvalue weighted by Crippen LogP contribution is 2.33. The number of amides is 1. The minimum absolute atomic E-state index is 0.0913. The lowest BCUT2D eigenvalue weighted by Gasteiger charge is -2.42. The van der Waals surface area contributed by atoms with E-state index in [1.54, 1.807) is 6.07 Å². The first-order valence-corrected chi connectivity index (χ1v) is 9.21. The van der Waals surface area contributed by atoms with Crippen LogP contribution in [0, 0.1) is 5.92 Å². The predicted molar refractivity (Wildman–Crippen MR) is 98.0 cm³/mol. The van der Waals surface area contributed by atoms with Crippen LogP contribution in [0.3, 0.4) is 0 Å². The normalized spacial score (nSPS) is 22.2. The molecular formula is C20H23N3O3. The number of carbonyl (C=O) groups is 2. The third kappa shape index (κ3) is 3.85. The third-order valence-corrected chi connectivity index (χ3v) is 5.32. The fourth-order valence-corrected chi connectivity index (χ4v) is 3.60. The number of hydrogen-bond donors (Lipinski definition) is 2. The lowest BCUT2D eigenvalue weighted by atomic mass is 9.85. The van der Waals surface area contributed by atoms with E-state index in [1.165, 1.54) is 12.8 Å². The van der Waals surface area contributed by atoms with E-state index in [0.29, 0.717) is 11.6 Å². The van der Waals surface area contributed by atoms with Crippen molar-refractivity contribution in [2.45, 2.75) is 37.8 Å². The molecule has 1 heterocycles. The van der Waals surface area contributed by atoms with Gasteiger partial charge in [0.2, 0.25) is 0 Å². The third-order valence-electron chi connectivity index (χ3n) is 5.32. The van der Waals surface area contributed by atoms with Crippen LogP contribution >= 0.6 is 0 Å². The van der Waals surface area contributed by atoms with E-state index in [-0.39, 0.29) is 24.5 Å². The van der Waals surface area contributed by atoms with Gasteiger partial charge in [0, 0.05) is 24.0 Å². The van der Waals surface area contributed by atoms with Crippen molar-refractivity contribution >= 4 is 22.8 Å². The van der Waals surface area contributed by atoms with Crippen molar-refractivity contribution in [2.24, 2.45) is 5.92 Å². The second kappa shape index (κ2) is 7.03. The van der Waals surface area contributed by atoms with E-state index in [4.69, 9.17) is 5.11 Å². The van der Waals surface area contributed by atoms with E-state index in [2.05, 4.69) is 15.2 Å². The van der Waals surface area contributed by atoms with Gasteiger partial charge in [-0.1, -0.05) is 24.3 Å². The number of pyridine rings is 1. The van der Waals surface area contributed by atoms with Gasteiger partial charge in [-0.2, -0.15) is 0 Å². The Balaban J connectivity index is 1.33. The van der Waals surface area contributed by atoms with Crippen LogP contribution in [0.15, 0.2) is 36.4 Å². The van der Waals surface area contributed by atoms with Gasteiger partial charge in [-0.05, 0) is 43.7 Å². The van der Waals surface area contributed by atoms with Gasteiger partial charge in [0.05, 0.1) is 12.1 Å². The topological polar surface area (TPSA) is 82.5 Å². The van der Waals surface area contributed by atoms with Crippen molar-refractivity contribution in [1.82, 2.24) is 15.2 Å². The smallest absolute Gasteiger partial charge is 0.317 e. The first-order chi connectivity index (χ1) is 12.6. The Hall–Kier alpha value is -2.47. The maximum Gasteiger partial charge on any atom is 0.317 e. The number of carboxylic acid groups (broad SMARTS) is 1. The first-order valence-electron chi connectivity index (χ1n) is 9.21. The zero-order chi connectivity index (χ0) is 18.1. The van der Waals surface area contributed by atoms with Crippen molar-refractivity contribution in [2.75, 3.05) is 13.1 Å². The Labute approximate surface area is 152 Å². The summed E-state index contributed by atoms with van der Waals surface area (Å²) in [6, 6.07) is 11.7. The molecule has 26 heavy (non-hydrogen) atoms. The summed E-state index contributed by atoms with van der Waals surface area (Å²) in [4.78, 5) is 30.0. The van der Waals surface area contributed by atoms with Crippen LogP contribution in [-0.2, 0) is 4.79 Å². The molecule has 2 fully saturated rings. The Morgan fingerprint density at radius 2 is 1.92 bits per heavy atom. The van der Waals surface area contributed by atoms with Crippen LogP contribution in [0.5, 0.6) is 0 Å². The van der Waals surface area contributed by atoms with E-state index in [9.17, 15) is 9.59 Å². The van der Waals surface area contributed by atoms with E-state index < -0.39 is 5.97 Å². The van der Waals surface area contributed by atoms with Gasteiger partial charge >= 0.3 is 5.97 Å². The van der Waals surface area contributed by atoms with Crippen molar-refractivity contribution in [3.63, 3.8) is 0 Å². The van der Waals surface area contributed by atoms with Gasteiger partial charge in [0.25, 0.3) is 5.91 Å². The van der Waals surface area contributed by atoms with Crippen LogP contribution in [0.25, 0.3) is 10.9 Å². The Morgan fingerprint density at radius 3 is 2.65 bits per heavy atom. The van der Waals surface area contributed by atoms with Gasteiger partial charge in [0.15, 0.2) is 0 Å². The average molecular weight is 353 g/mol. The molecule has 6 nitrogen and oxygen atoms in total. The van der Waals surface area contributed by atoms with E-state index >= 15 is 0 Å². The number of para-hydroxylation sites is 1. The highest BCUT2D eigenvalue weighted by atomic mass is 16.4. The van der Waals surface area contributed by atoms with Gasteiger partial charge in [-0.3, -0.25) is 14.5 Å². The summed E-state index contributed by atoms with van der Waals surface area (Å²) in [6.45, 7) is 0.956. The monoisotopic (exact) mass is 353 g/mol. The van der Waals surface area contributed by atoms with Crippen molar-refractivity contribution < 1.29 is 14.7 Å². The molecule has 0 spiro atoms. The number of fused-ring (bicyclic) bond motifs is 1. The summed E-state index contributed by atoms with van der Waals surface area (Å²) in [5, 5.41) is 13.2. The van der Waals surface area contributed by atoms with Crippen LogP contribution < -0.4 is 5.32 Å². The molecular weight excluding hydrogens is 330 g/mol. The van der Waals surface area contributed by atoms with Crippen LogP contribution in [0.2, 0.25) is 0 Å². The molecule has 4 rings (SSSR count). The van der Waals surface area contributed by atoms with E-state index in [0.717, 1.165) is 30.3 Å². The van der Waals surface area contributed by atoms with Crippen molar-refractivity contribution in [3.05, 3.63) is 42.1 Å². The molecule has 0 atom stereocenters. The molecule has 2 aliphatic rings. The summed E-state index contributed by atoms with van der Waals surface area (Å²) in [5.41, 5.74) is 1.23. The number of aliphatic carboxylic acids is 1. The Morgan fingerprint density at radius 1 is 1.15 bits per heavy atom. The summed E-state index contributed by atoms with van der Waals surface area (Å²) in [6.07, 6.45) is 4.02. The van der Waals surface area contributed by atoms with Crippen molar-refractivity contribution in [3.8, 4) is 0 Å². The Bertz CT molecular complexity index is 828. The van der Waals surface area contributed by atoms with Crippen molar-refractivity contribution in [1.29, 1.82) is 0 Å². The predicted octanol–water partition coefficient (Wildman–Crippen LogP) is 2.29. The molecule has 0 radical (unpaired) electrons. The molecule has 1 aromatic carbocycles. The molecule has 0 aliphatic heterocycles. The lowest BCUT2D eigenvalue weighted by molar-refractivity contribution is -0.139. The van der Waals surface area contributed by atoms with Gasteiger partial charge in [-0.15, -0.1) is 0 Å². The fraction of sp³-hybridized carbons (Fsp3) is 0.450. The first kappa shape index (κ1) is 17.0. The summed E-state index contributed by atoms with van der Waals surface area (Å²) >= 11 is 0. The van der Waals surface area contributed by atoms with Crippen LogP contribution in [0.1, 0.15) is 36.2 Å². The highest BCUT2D eigenvalue weighted by molar-refractivity contribution is 5.95. The van der Waals surface area contributed by atoms with Crippen LogP contribution in [-0.4, -0.2) is 52.0 Å². The number of hydrogen-bond acceptors (Lipinski definition) is 4. The minimum Gasteiger partial charge on any atom is -0.480 e. The summed E-state index contributed by atoms with van der Waals surface area (Å²) in [7, 11) is 0. The largest absolute Gasteiger partial charge is 0.480 e. The van der Waals surface area contributed by atoms with Gasteiger partial charge in [0.1, 0.15) is 5.69 Å². The molecule has 2 aliphatic carbocycles. The zero-order valence-corrected chi connectivity index (χ0v) is 14.6. The maximum absolute atomic E-state index is 12.5. The summed E-state index contributed by atoms with van der Waals surface area (Å²) < 4.78 is 0. The molecule has 6 heteroatoms. The number of rotatable bonds is 7. The number of benzene rings is 1. The Kier molecular flexibility index (Phi) is 4.59. The number of nitrogens with zero attached hydrogens (tertiary/aromatic N) is 2. The SMILES string of the molecule is O=C(O)CN(CC1CC1)C1CC(NC(=O)c2ccc3ccccc3n2)C1. The fourth-order valence-electron chi connectivity index (χ4n) is 3.60. The number of carboxylic acids is 1. The summed E-state index contributed by atoms with van der Waals surface area (Å²) in [5.74, 6) is -0.283. The zero-order valence-electron chi connectivity index (χ0n) is 14.6. The molecule has 2 N–H and O–H groups in total. The second-order valence-corrected chi connectivity index (χ2v) is 7.45. The molecule has 1 aromatic heterocycles. The van der Waals surface area contributed by atoms with Crippen LogP contribution in [0.4, 0.5) is 0 Å². The molecule has 1 amide bonds. The molecule has 0 saturated heterocycles. The van der Waals surface area contributed by atoms with Gasteiger partial charge in [-0.25, -0.2) is 4.98 Å². The molecule has 0 bridgehead atoms. The molecule has 2 saturated carbocycles. The number of carbonyl (C=O) groups excluding carboxylic acids is 1. The lowest BCUT2D eigenvalue weighted by Crippen LogP contribution is -2.55. The minimum atomic E-state index is -0.779. The molecule has 136 valence electrons. The standard InChI is InChI=1S/C20H23N3O3/c24-19(25)12-23(11-13-5-6-13)16-9-15(10-16)21-20(26)18-8-7-14-3-1-2-4-17(14)22-18/h1-4,7-8,13,15-16H,5-6,9-12H2,(H,21,26)(H,24,25). The highest BCUT2D eigenvalue weighted by Gasteiger charge is 2.37. The molecule has 2 aromatic rings. The average Bonchev–Trinajstić information content (AvgIpc) is 3.40.